The van der Waals surface area contributed by atoms with Gasteiger partial charge < -0.3 is 4.74 Å². The lowest BCUT2D eigenvalue weighted by molar-refractivity contribution is 0.0306. The molecule has 7 nitrogen and oxygen atoms in total. The molecule has 4 unspecified atom stereocenters. The van der Waals surface area contributed by atoms with Crippen molar-refractivity contribution < 1.29 is 13.2 Å². The quantitative estimate of drug-likeness (QED) is 0.579. The number of rotatable bonds is 7. The fourth-order valence-corrected chi connectivity index (χ4v) is 6.48. The third-order valence-corrected chi connectivity index (χ3v) is 8.56. The van der Waals surface area contributed by atoms with Crippen molar-refractivity contribution in [1.82, 2.24) is 19.4 Å². The van der Waals surface area contributed by atoms with Crippen LogP contribution in [0.15, 0.2) is 65.6 Å². The second-order valence-corrected chi connectivity index (χ2v) is 10.7. The van der Waals surface area contributed by atoms with Crippen LogP contribution in [0.4, 0.5) is 0 Å². The maximum atomic E-state index is 12.6. The molecule has 0 saturated carbocycles. The SMILES string of the molecule is COc1ccccc1-c1cc(C2CN3CCC2CC3CNS(=O)(=O)c2ccccc2)n(C)n1. The number of ether oxygens (including phenoxy) is 1. The van der Waals surface area contributed by atoms with Gasteiger partial charge in [0.15, 0.2) is 0 Å². The Morgan fingerprint density at radius 3 is 2.61 bits per heavy atom. The maximum absolute atomic E-state index is 12.6. The number of fused-ring (bicyclic) bond motifs is 3. The van der Waals surface area contributed by atoms with Crippen molar-refractivity contribution in [2.24, 2.45) is 13.0 Å². The summed E-state index contributed by atoms with van der Waals surface area (Å²) in [5.41, 5.74) is 3.15. The van der Waals surface area contributed by atoms with Gasteiger partial charge in [0.1, 0.15) is 5.75 Å². The molecule has 3 aliphatic rings. The van der Waals surface area contributed by atoms with Crippen LogP contribution >= 0.6 is 0 Å². The molecular formula is C25H30N4O3S. The second kappa shape index (κ2) is 8.93. The molecular weight excluding hydrogens is 436 g/mol. The molecule has 8 heteroatoms. The minimum atomic E-state index is -3.49. The first kappa shape index (κ1) is 22.1. The molecule has 0 amide bonds. The minimum absolute atomic E-state index is 0.223. The van der Waals surface area contributed by atoms with Gasteiger partial charge in [0, 0.05) is 43.4 Å². The van der Waals surface area contributed by atoms with E-state index in [0.717, 1.165) is 42.9 Å². The van der Waals surface area contributed by atoms with Crippen LogP contribution < -0.4 is 9.46 Å². The van der Waals surface area contributed by atoms with Crippen molar-refractivity contribution in [2.75, 3.05) is 26.7 Å². The molecule has 1 N–H and O–H groups in total. The average molecular weight is 467 g/mol. The van der Waals surface area contributed by atoms with Crippen molar-refractivity contribution in [2.45, 2.75) is 29.7 Å². The molecule has 0 aliphatic carbocycles. The number of piperidine rings is 3. The molecule has 2 aromatic carbocycles. The van der Waals surface area contributed by atoms with Gasteiger partial charge in [-0.25, -0.2) is 13.1 Å². The lowest BCUT2D eigenvalue weighted by Crippen LogP contribution is -2.56. The predicted octanol–water partition coefficient (Wildman–Crippen LogP) is 3.25. The molecule has 3 saturated heterocycles. The molecule has 0 spiro atoms. The van der Waals surface area contributed by atoms with E-state index in [1.165, 1.54) is 5.69 Å². The Labute approximate surface area is 195 Å². The number of nitrogens with zero attached hydrogens (tertiary/aromatic N) is 3. The van der Waals surface area contributed by atoms with Crippen LogP contribution in [0.1, 0.15) is 24.5 Å². The number of sulfonamides is 1. The van der Waals surface area contributed by atoms with Gasteiger partial charge in [-0.15, -0.1) is 0 Å². The number of para-hydroxylation sites is 1. The van der Waals surface area contributed by atoms with Gasteiger partial charge in [-0.2, -0.15) is 5.10 Å². The third-order valence-electron chi connectivity index (χ3n) is 7.12. The minimum Gasteiger partial charge on any atom is -0.496 e. The average Bonchev–Trinajstić information content (AvgIpc) is 3.25. The van der Waals surface area contributed by atoms with Crippen LogP contribution in [0.3, 0.4) is 0 Å². The summed E-state index contributed by atoms with van der Waals surface area (Å²) in [4.78, 5) is 2.76. The summed E-state index contributed by atoms with van der Waals surface area (Å²) in [6, 6.07) is 19.0. The Balaban J connectivity index is 1.30. The van der Waals surface area contributed by atoms with E-state index >= 15 is 0 Å². The van der Waals surface area contributed by atoms with Crippen LogP contribution in [-0.2, 0) is 17.1 Å². The highest BCUT2D eigenvalue weighted by Gasteiger charge is 2.42. The summed E-state index contributed by atoms with van der Waals surface area (Å²) in [5.74, 6) is 1.73. The van der Waals surface area contributed by atoms with Gasteiger partial charge >= 0.3 is 0 Å². The molecule has 33 heavy (non-hydrogen) atoms. The van der Waals surface area contributed by atoms with Gasteiger partial charge in [-0.3, -0.25) is 9.58 Å². The zero-order chi connectivity index (χ0) is 23.0. The van der Waals surface area contributed by atoms with Gasteiger partial charge in [0.25, 0.3) is 0 Å². The Bertz CT molecular complexity index is 1230. The molecule has 3 aromatic rings. The number of hydrogen-bond donors (Lipinski definition) is 1. The van der Waals surface area contributed by atoms with E-state index in [-0.39, 0.29) is 6.04 Å². The summed E-state index contributed by atoms with van der Waals surface area (Å²) in [6.07, 6.45) is 2.11. The molecule has 0 radical (unpaired) electrons. The van der Waals surface area contributed by atoms with Crippen molar-refractivity contribution in [3.63, 3.8) is 0 Å². The van der Waals surface area contributed by atoms with Crippen molar-refractivity contribution in [3.8, 4) is 17.0 Å². The summed E-state index contributed by atoms with van der Waals surface area (Å²) in [6.45, 7) is 2.38. The van der Waals surface area contributed by atoms with Crippen molar-refractivity contribution in [3.05, 3.63) is 66.4 Å². The lowest BCUT2D eigenvalue weighted by atomic mass is 9.74. The highest BCUT2D eigenvalue weighted by atomic mass is 32.2. The van der Waals surface area contributed by atoms with Crippen LogP contribution in [-0.4, -0.2) is 55.9 Å². The van der Waals surface area contributed by atoms with E-state index in [1.54, 1.807) is 31.4 Å². The highest BCUT2D eigenvalue weighted by molar-refractivity contribution is 7.89. The number of benzene rings is 2. The molecule has 3 aliphatic heterocycles. The normalized spacial score (nSPS) is 24.7. The van der Waals surface area contributed by atoms with E-state index in [1.807, 2.05) is 42.1 Å². The van der Waals surface area contributed by atoms with E-state index in [0.29, 0.717) is 23.3 Å². The fraction of sp³-hybridized carbons (Fsp3) is 0.400. The zero-order valence-electron chi connectivity index (χ0n) is 19.0. The molecule has 4 heterocycles. The smallest absolute Gasteiger partial charge is 0.240 e. The molecule has 3 fully saturated rings. The Hall–Kier alpha value is -2.68. The molecule has 174 valence electrons. The van der Waals surface area contributed by atoms with E-state index in [9.17, 15) is 8.42 Å². The largest absolute Gasteiger partial charge is 0.496 e. The molecule has 4 atom stereocenters. The van der Waals surface area contributed by atoms with Crippen LogP contribution in [0.25, 0.3) is 11.3 Å². The summed E-state index contributed by atoms with van der Waals surface area (Å²) >= 11 is 0. The Kier molecular flexibility index (Phi) is 5.99. The first-order chi connectivity index (χ1) is 16.0. The van der Waals surface area contributed by atoms with Crippen LogP contribution in [0, 0.1) is 5.92 Å². The standard InChI is InChI=1S/C25H30N4O3S/c1-28-24(15-23(27-28)21-10-6-7-11-25(21)32-2)22-17-29-13-12-18(22)14-19(29)16-26-33(30,31)20-8-4-3-5-9-20/h3-11,15,18-19,22,26H,12-14,16-17H2,1-2H3. The Morgan fingerprint density at radius 2 is 1.88 bits per heavy atom. The monoisotopic (exact) mass is 466 g/mol. The first-order valence-corrected chi connectivity index (χ1v) is 12.9. The van der Waals surface area contributed by atoms with E-state index < -0.39 is 10.0 Å². The molecule has 2 bridgehead atoms. The number of nitrogens with one attached hydrogen (secondary N) is 1. The third kappa shape index (κ3) is 4.30. The predicted molar refractivity (Wildman–Crippen MR) is 128 cm³/mol. The summed E-state index contributed by atoms with van der Waals surface area (Å²) in [5, 5.41) is 4.80. The lowest BCUT2D eigenvalue weighted by Gasteiger charge is -2.49. The fourth-order valence-electron chi connectivity index (χ4n) is 5.39. The van der Waals surface area contributed by atoms with Gasteiger partial charge in [0.05, 0.1) is 17.7 Å². The number of methoxy groups -OCH3 is 1. The van der Waals surface area contributed by atoms with Gasteiger partial charge in [-0.05, 0) is 55.6 Å². The topological polar surface area (TPSA) is 76.5 Å². The first-order valence-electron chi connectivity index (χ1n) is 11.4. The molecule has 1 aromatic heterocycles. The van der Waals surface area contributed by atoms with Crippen LogP contribution in [0.2, 0.25) is 0 Å². The van der Waals surface area contributed by atoms with Gasteiger partial charge in [-0.1, -0.05) is 30.3 Å². The number of hydrogen-bond acceptors (Lipinski definition) is 5. The molecule has 6 rings (SSSR count). The summed E-state index contributed by atoms with van der Waals surface area (Å²) in [7, 11) is 0.209. The second-order valence-electron chi connectivity index (χ2n) is 8.98. The number of aromatic nitrogens is 2. The number of aryl methyl sites for hydroxylation is 1. The Morgan fingerprint density at radius 1 is 1.12 bits per heavy atom. The van der Waals surface area contributed by atoms with Crippen molar-refractivity contribution >= 4 is 10.0 Å². The highest BCUT2D eigenvalue weighted by Crippen LogP contribution is 2.42. The van der Waals surface area contributed by atoms with E-state index in [2.05, 4.69) is 15.7 Å². The zero-order valence-corrected chi connectivity index (χ0v) is 19.8. The van der Waals surface area contributed by atoms with E-state index in [4.69, 9.17) is 9.84 Å². The maximum Gasteiger partial charge on any atom is 0.240 e. The summed E-state index contributed by atoms with van der Waals surface area (Å²) < 4.78 is 35.7. The van der Waals surface area contributed by atoms with Gasteiger partial charge in [0.2, 0.25) is 10.0 Å². The van der Waals surface area contributed by atoms with Crippen LogP contribution in [0.5, 0.6) is 5.75 Å². The van der Waals surface area contributed by atoms with Crippen molar-refractivity contribution in [1.29, 1.82) is 0 Å².